The molecule has 0 aliphatic rings. The van der Waals surface area contributed by atoms with E-state index in [1.807, 2.05) is 96.1 Å². The quantitative estimate of drug-likeness (QED) is 0.722. The van der Waals surface area contributed by atoms with Crippen LogP contribution in [0.1, 0.15) is 45.7 Å². The van der Waals surface area contributed by atoms with Gasteiger partial charge in [0.25, 0.3) is 0 Å². The topological polar surface area (TPSA) is 32.3 Å². The normalized spacial score (nSPS) is 8.92. The zero-order valence-corrected chi connectivity index (χ0v) is 16.0. The van der Waals surface area contributed by atoms with Crippen LogP contribution in [-0.4, -0.2) is 17.5 Å². The lowest BCUT2D eigenvalue weighted by Crippen LogP contribution is -2.34. The molecule has 0 atom stereocenters. The Morgan fingerprint density at radius 2 is 1.46 bits per heavy atom. The van der Waals surface area contributed by atoms with E-state index in [9.17, 15) is 4.79 Å². The van der Waals surface area contributed by atoms with Crippen molar-refractivity contribution in [3.8, 4) is 0 Å². The van der Waals surface area contributed by atoms with E-state index in [0.29, 0.717) is 13.1 Å². The van der Waals surface area contributed by atoms with Crippen molar-refractivity contribution in [2.45, 2.75) is 48.1 Å². The summed E-state index contributed by atoms with van der Waals surface area (Å²) in [5, 5.41) is 2.97. The van der Waals surface area contributed by atoms with Gasteiger partial charge < -0.3 is 10.2 Å². The smallest absolute Gasteiger partial charge is 0.320 e. The molecule has 0 aliphatic heterocycles. The maximum atomic E-state index is 12.3. The van der Waals surface area contributed by atoms with Gasteiger partial charge in [-0.1, -0.05) is 76.2 Å². The molecule has 2 amide bonds. The lowest BCUT2D eigenvalue weighted by Gasteiger charge is -2.22. The predicted molar refractivity (Wildman–Crippen MR) is 105 cm³/mol. The minimum absolute atomic E-state index is 0.0642. The fourth-order valence-electron chi connectivity index (χ4n) is 2.04. The molecule has 0 radical (unpaired) electrons. The first kappa shape index (κ1) is 21.7. The number of nitrogens with zero attached hydrogens (tertiary/aromatic N) is 1. The van der Waals surface area contributed by atoms with Crippen LogP contribution >= 0.6 is 0 Å². The van der Waals surface area contributed by atoms with Gasteiger partial charge in [0, 0.05) is 18.8 Å². The van der Waals surface area contributed by atoms with Crippen molar-refractivity contribution in [2.24, 2.45) is 0 Å². The van der Waals surface area contributed by atoms with Crippen molar-refractivity contribution in [2.75, 3.05) is 11.9 Å². The van der Waals surface area contributed by atoms with Crippen LogP contribution in [0.3, 0.4) is 0 Å². The fourth-order valence-corrected chi connectivity index (χ4v) is 2.04. The van der Waals surface area contributed by atoms with Gasteiger partial charge >= 0.3 is 6.03 Å². The molecular weight excluding hydrogens is 296 g/mol. The van der Waals surface area contributed by atoms with E-state index in [1.165, 1.54) is 0 Å². The Morgan fingerprint density at radius 1 is 0.917 bits per heavy atom. The van der Waals surface area contributed by atoms with E-state index in [-0.39, 0.29) is 6.03 Å². The number of hydrogen-bond acceptors (Lipinski definition) is 1. The number of amides is 2. The molecule has 0 saturated carbocycles. The number of aryl methyl sites for hydroxylation is 1. The van der Waals surface area contributed by atoms with Crippen molar-refractivity contribution in [1.29, 1.82) is 0 Å². The molecule has 0 spiro atoms. The second-order valence-corrected chi connectivity index (χ2v) is 4.74. The van der Waals surface area contributed by atoms with Crippen LogP contribution in [0.15, 0.2) is 54.6 Å². The average molecular weight is 329 g/mol. The van der Waals surface area contributed by atoms with Gasteiger partial charge in [0.05, 0.1) is 0 Å². The molecule has 0 fully saturated rings. The van der Waals surface area contributed by atoms with Crippen LogP contribution in [0.2, 0.25) is 0 Å². The molecular formula is C21H32N2O. The number of anilines is 1. The molecule has 24 heavy (non-hydrogen) atoms. The average Bonchev–Trinajstić information content (AvgIpc) is 2.65. The summed E-state index contributed by atoms with van der Waals surface area (Å²) in [6.07, 6.45) is 0. The molecule has 0 unspecified atom stereocenters. The largest absolute Gasteiger partial charge is 0.322 e. The zero-order valence-electron chi connectivity index (χ0n) is 16.0. The lowest BCUT2D eigenvalue weighted by atomic mass is 10.2. The molecule has 1 N–H and O–H groups in total. The first-order valence-electron chi connectivity index (χ1n) is 8.86. The zero-order chi connectivity index (χ0) is 18.4. The second-order valence-electron chi connectivity index (χ2n) is 4.74. The van der Waals surface area contributed by atoms with Crippen molar-refractivity contribution in [1.82, 2.24) is 4.90 Å². The first-order chi connectivity index (χ1) is 11.7. The molecule has 3 heteroatoms. The van der Waals surface area contributed by atoms with Crippen LogP contribution < -0.4 is 5.32 Å². The standard InChI is InChI=1S/C17H20N2O.2C2H6/c1-3-19(13-15-10-5-4-6-11-15)17(20)18-16-12-8-7-9-14(16)2;2*1-2/h4-12H,3,13H2,1-2H3,(H,18,20);2*1-2H3. The van der Waals surface area contributed by atoms with Crippen molar-refractivity contribution >= 4 is 11.7 Å². The van der Waals surface area contributed by atoms with E-state index in [4.69, 9.17) is 0 Å². The summed E-state index contributed by atoms with van der Waals surface area (Å²) >= 11 is 0. The predicted octanol–water partition coefficient (Wildman–Crippen LogP) is 6.10. The Kier molecular flexibility index (Phi) is 11.9. The Morgan fingerprint density at radius 3 is 2.00 bits per heavy atom. The number of nitrogens with one attached hydrogen (secondary N) is 1. The van der Waals surface area contributed by atoms with Gasteiger partial charge in [-0.05, 0) is 31.0 Å². The van der Waals surface area contributed by atoms with Crippen molar-refractivity contribution in [3.63, 3.8) is 0 Å². The highest BCUT2D eigenvalue weighted by Gasteiger charge is 2.12. The second kappa shape index (κ2) is 13.2. The van der Waals surface area contributed by atoms with Gasteiger partial charge in [-0.15, -0.1) is 0 Å². The number of urea groups is 1. The fraction of sp³-hybridized carbons (Fsp3) is 0.381. The summed E-state index contributed by atoms with van der Waals surface area (Å²) < 4.78 is 0. The van der Waals surface area contributed by atoms with E-state index < -0.39 is 0 Å². The maximum Gasteiger partial charge on any atom is 0.322 e. The monoisotopic (exact) mass is 328 g/mol. The van der Waals surface area contributed by atoms with E-state index in [0.717, 1.165) is 16.8 Å². The molecule has 0 saturated heterocycles. The van der Waals surface area contributed by atoms with Crippen molar-refractivity contribution in [3.05, 3.63) is 65.7 Å². The SMILES string of the molecule is CC.CC.CCN(Cc1ccccc1)C(=O)Nc1ccccc1C. The summed E-state index contributed by atoms with van der Waals surface area (Å²) in [4.78, 5) is 14.1. The van der Waals surface area contributed by atoms with Gasteiger partial charge in [-0.2, -0.15) is 0 Å². The highest BCUT2D eigenvalue weighted by atomic mass is 16.2. The minimum atomic E-state index is -0.0642. The highest BCUT2D eigenvalue weighted by Crippen LogP contribution is 2.14. The Balaban J connectivity index is 0.00000123. The Bertz CT molecular complexity index is 567. The molecule has 2 rings (SSSR count). The number of benzene rings is 2. The minimum Gasteiger partial charge on any atom is -0.320 e. The first-order valence-corrected chi connectivity index (χ1v) is 8.86. The summed E-state index contributed by atoms with van der Waals surface area (Å²) in [7, 11) is 0. The third-order valence-electron chi connectivity index (χ3n) is 3.27. The van der Waals surface area contributed by atoms with E-state index >= 15 is 0 Å². The number of para-hydroxylation sites is 1. The highest BCUT2D eigenvalue weighted by molar-refractivity contribution is 5.90. The molecule has 2 aromatic carbocycles. The maximum absolute atomic E-state index is 12.3. The molecule has 132 valence electrons. The molecule has 0 heterocycles. The molecule has 2 aromatic rings. The van der Waals surface area contributed by atoms with Crippen LogP contribution in [-0.2, 0) is 6.54 Å². The lowest BCUT2D eigenvalue weighted by molar-refractivity contribution is 0.212. The molecule has 0 aliphatic carbocycles. The van der Waals surface area contributed by atoms with Gasteiger partial charge in [0.2, 0.25) is 0 Å². The molecule has 0 bridgehead atoms. The summed E-state index contributed by atoms with van der Waals surface area (Å²) in [6, 6.07) is 17.8. The third kappa shape index (κ3) is 7.32. The number of hydrogen-bond donors (Lipinski definition) is 1. The van der Waals surface area contributed by atoms with E-state index in [2.05, 4.69) is 5.32 Å². The van der Waals surface area contributed by atoms with Gasteiger partial charge in [-0.25, -0.2) is 4.79 Å². The van der Waals surface area contributed by atoms with Crippen molar-refractivity contribution < 1.29 is 4.79 Å². The van der Waals surface area contributed by atoms with Gasteiger partial charge in [0.15, 0.2) is 0 Å². The van der Waals surface area contributed by atoms with Crippen LogP contribution in [0.5, 0.6) is 0 Å². The van der Waals surface area contributed by atoms with Crippen LogP contribution in [0.4, 0.5) is 10.5 Å². The number of carbonyl (C=O) groups excluding carboxylic acids is 1. The molecule has 3 nitrogen and oxygen atoms in total. The number of carbonyl (C=O) groups is 1. The summed E-state index contributed by atoms with van der Waals surface area (Å²) in [6.45, 7) is 13.3. The third-order valence-corrected chi connectivity index (χ3v) is 3.27. The summed E-state index contributed by atoms with van der Waals surface area (Å²) in [5.41, 5.74) is 3.06. The molecule has 0 aromatic heterocycles. The number of rotatable bonds is 4. The van der Waals surface area contributed by atoms with Crippen LogP contribution in [0.25, 0.3) is 0 Å². The Hall–Kier alpha value is -2.29. The Labute approximate surface area is 147 Å². The van der Waals surface area contributed by atoms with Gasteiger partial charge in [0.1, 0.15) is 0 Å². The van der Waals surface area contributed by atoms with Gasteiger partial charge in [-0.3, -0.25) is 0 Å². The van der Waals surface area contributed by atoms with Crippen LogP contribution in [0, 0.1) is 6.92 Å². The summed E-state index contributed by atoms with van der Waals surface area (Å²) in [5.74, 6) is 0. The van der Waals surface area contributed by atoms with E-state index in [1.54, 1.807) is 4.90 Å².